The van der Waals surface area contributed by atoms with Crippen molar-refractivity contribution in [3.05, 3.63) is 15.9 Å². The van der Waals surface area contributed by atoms with Gasteiger partial charge >= 0.3 is 6.09 Å². The van der Waals surface area contributed by atoms with Crippen molar-refractivity contribution in [2.24, 2.45) is 7.05 Å². The summed E-state index contributed by atoms with van der Waals surface area (Å²) in [6.07, 6.45) is -0.136. The van der Waals surface area contributed by atoms with Crippen LogP contribution in [0.4, 0.5) is 4.79 Å². The maximum absolute atomic E-state index is 10.8. The Balaban J connectivity index is 2.34. The molecule has 1 amide bonds. The highest BCUT2D eigenvalue weighted by atomic mass is 79.9. The van der Waals surface area contributed by atoms with Gasteiger partial charge < -0.3 is 10.0 Å². The van der Waals surface area contributed by atoms with Crippen LogP contribution in [0.15, 0.2) is 4.60 Å². The molecule has 6 heteroatoms. The van der Waals surface area contributed by atoms with Crippen LogP contribution in [0.25, 0.3) is 0 Å². The summed E-state index contributed by atoms with van der Waals surface area (Å²) in [5.41, 5.74) is 2.11. The van der Waals surface area contributed by atoms with Gasteiger partial charge in [-0.25, -0.2) is 4.79 Å². The molecule has 0 bridgehead atoms. The molecule has 0 aliphatic carbocycles. The van der Waals surface area contributed by atoms with Crippen molar-refractivity contribution in [1.82, 2.24) is 14.7 Å². The Morgan fingerprint density at radius 3 is 3.00 bits per heavy atom. The number of nitrogens with zero attached hydrogens (tertiary/aromatic N) is 3. The van der Waals surface area contributed by atoms with Gasteiger partial charge in [-0.2, -0.15) is 5.10 Å². The van der Waals surface area contributed by atoms with E-state index in [0.717, 1.165) is 22.3 Å². The molecule has 0 saturated heterocycles. The standard InChI is InChI=1S/C8H10BrN3O2/c1-11-6-2-3-12(8(13)14)4-5(6)7(9)10-11/h2-4H2,1H3,(H,13,14). The van der Waals surface area contributed by atoms with Gasteiger partial charge in [0.05, 0.1) is 6.54 Å². The summed E-state index contributed by atoms with van der Waals surface area (Å²) in [5.74, 6) is 0. The molecule has 1 aliphatic rings. The molecule has 14 heavy (non-hydrogen) atoms. The fourth-order valence-corrected chi connectivity index (χ4v) is 2.30. The molecular formula is C8H10BrN3O2. The van der Waals surface area contributed by atoms with Crippen molar-refractivity contribution >= 4 is 22.0 Å². The summed E-state index contributed by atoms with van der Waals surface area (Å²) < 4.78 is 2.56. The maximum atomic E-state index is 10.8. The molecule has 0 fully saturated rings. The van der Waals surface area contributed by atoms with Crippen LogP contribution in [0.3, 0.4) is 0 Å². The van der Waals surface area contributed by atoms with Gasteiger partial charge in [0.1, 0.15) is 4.60 Å². The quantitative estimate of drug-likeness (QED) is 0.763. The van der Waals surface area contributed by atoms with E-state index >= 15 is 0 Å². The molecule has 0 atom stereocenters. The van der Waals surface area contributed by atoms with E-state index in [2.05, 4.69) is 21.0 Å². The SMILES string of the molecule is Cn1nc(Br)c2c1CCN(C(=O)O)C2. The van der Waals surface area contributed by atoms with Crippen LogP contribution in [0.1, 0.15) is 11.3 Å². The van der Waals surface area contributed by atoms with Crippen LogP contribution in [0.2, 0.25) is 0 Å². The van der Waals surface area contributed by atoms with Crippen molar-refractivity contribution in [2.45, 2.75) is 13.0 Å². The number of carbonyl (C=O) groups is 1. The fraction of sp³-hybridized carbons (Fsp3) is 0.500. The summed E-state index contributed by atoms with van der Waals surface area (Å²) in [4.78, 5) is 12.2. The summed E-state index contributed by atoms with van der Waals surface area (Å²) in [6, 6.07) is 0. The number of hydrogen-bond donors (Lipinski definition) is 1. The third-order valence-electron chi connectivity index (χ3n) is 2.46. The van der Waals surface area contributed by atoms with Crippen molar-refractivity contribution in [1.29, 1.82) is 0 Å². The lowest BCUT2D eigenvalue weighted by Crippen LogP contribution is -2.35. The summed E-state index contributed by atoms with van der Waals surface area (Å²) in [6.45, 7) is 0.980. The predicted octanol–water partition coefficient (Wildman–Crippen LogP) is 1.22. The first-order chi connectivity index (χ1) is 6.59. The first-order valence-corrected chi connectivity index (χ1v) is 5.07. The molecule has 1 aromatic heterocycles. The molecule has 2 rings (SSSR count). The average Bonchev–Trinajstić information content (AvgIpc) is 2.42. The largest absolute Gasteiger partial charge is 0.465 e. The minimum Gasteiger partial charge on any atom is -0.465 e. The van der Waals surface area contributed by atoms with E-state index in [1.807, 2.05) is 7.05 Å². The highest BCUT2D eigenvalue weighted by Gasteiger charge is 2.25. The molecule has 2 heterocycles. The van der Waals surface area contributed by atoms with Crippen LogP contribution < -0.4 is 0 Å². The Bertz CT molecular complexity index is 388. The second-order valence-electron chi connectivity index (χ2n) is 3.29. The summed E-state index contributed by atoms with van der Waals surface area (Å²) in [5, 5.41) is 13.0. The molecule has 0 aromatic carbocycles. The smallest absolute Gasteiger partial charge is 0.407 e. The lowest BCUT2D eigenvalue weighted by atomic mass is 10.1. The van der Waals surface area contributed by atoms with Gasteiger partial charge in [-0.15, -0.1) is 0 Å². The van der Waals surface area contributed by atoms with Gasteiger partial charge in [-0.3, -0.25) is 4.68 Å². The number of aromatic nitrogens is 2. The van der Waals surface area contributed by atoms with Crippen molar-refractivity contribution in [3.63, 3.8) is 0 Å². The fourth-order valence-electron chi connectivity index (χ4n) is 1.71. The Morgan fingerprint density at radius 2 is 2.36 bits per heavy atom. The van der Waals surface area contributed by atoms with E-state index in [1.54, 1.807) is 4.68 Å². The Labute approximate surface area is 89.4 Å². The number of fused-ring (bicyclic) bond motifs is 1. The average molecular weight is 260 g/mol. The van der Waals surface area contributed by atoms with Crippen LogP contribution in [-0.4, -0.2) is 32.4 Å². The Hall–Kier alpha value is -1.04. The highest BCUT2D eigenvalue weighted by Crippen LogP contribution is 2.25. The summed E-state index contributed by atoms with van der Waals surface area (Å²) in [7, 11) is 1.88. The van der Waals surface area contributed by atoms with Gasteiger partial charge in [0, 0.05) is 31.3 Å². The van der Waals surface area contributed by atoms with Gasteiger partial charge in [-0.05, 0) is 15.9 Å². The molecule has 1 N–H and O–H groups in total. The third kappa shape index (κ3) is 1.39. The van der Waals surface area contributed by atoms with E-state index < -0.39 is 6.09 Å². The zero-order valence-corrected chi connectivity index (χ0v) is 9.28. The van der Waals surface area contributed by atoms with Crippen molar-refractivity contribution in [3.8, 4) is 0 Å². The second kappa shape index (κ2) is 3.27. The van der Waals surface area contributed by atoms with E-state index in [-0.39, 0.29) is 0 Å². The van der Waals surface area contributed by atoms with Crippen LogP contribution in [0, 0.1) is 0 Å². The lowest BCUT2D eigenvalue weighted by Gasteiger charge is -2.24. The van der Waals surface area contributed by atoms with Crippen LogP contribution in [-0.2, 0) is 20.0 Å². The van der Waals surface area contributed by atoms with Crippen molar-refractivity contribution in [2.75, 3.05) is 6.54 Å². The van der Waals surface area contributed by atoms with Crippen LogP contribution in [0.5, 0.6) is 0 Å². The number of rotatable bonds is 0. The number of aryl methyl sites for hydroxylation is 1. The Morgan fingerprint density at radius 1 is 1.64 bits per heavy atom. The van der Waals surface area contributed by atoms with E-state index in [9.17, 15) is 4.79 Å². The minimum absolute atomic E-state index is 0.430. The summed E-state index contributed by atoms with van der Waals surface area (Å²) >= 11 is 3.33. The van der Waals surface area contributed by atoms with Gasteiger partial charge in [0.15, 0.2) is 0 Å². The van der Waals surface area contributed by atoms with Gasteiger partial charge in [0.2, 0.25) is 0 Å². The number of halogens is 1. The minimum atomic E-state index is -0.869. The second-order valence-corrected chi connectivity index (χ2v) is 4.04. The van der Waals surface area contributed by atoms with Gasteiger partial charge in [0.25, 0.3) is 0 Å². The highest BCUT2D eigenvalue weighted by molar-refractivity contribution is 9.10. The molecular weight excluding hydrogens is 250 g/mol. The van der Waals surface area contributed by atoms with Crippen molar-refractivity contribution < 1.29 is 9.90 Å². The number of amides is 1. The lowest BCUT2D eigenvalue weighted by molar-refractivity contribution is 0.139. The third-order valence-corrected chi connectivity index (χ3v) is 3.10. The molecule has 1 aliphatic heterocycles. The predicted molar refractivity (Wildman–Crippen MR) is 53.0 cm³/mol. The van der Waals surface area contributed by atoms with Crippen LogP contribution >= 0.6 is 15.9 Å². The number of carboxylic acid groups (broad SMARTS) is 1. The molecule has 5 nitrogen and oxygen atoms in total. The molecule has 0 spiro atoms. The zero-order chi connectivity index (χ0) is 10.3. The zero-order valence-electron chi connectivity index (χ0n) is 7.70. The first-order valence-electron chi connectivity index (χ1n) is 4.27. The van der Waals surface area contributed by atoms with E-state index in [1.165, 1.54) is 4.90 Å². The normalized spacial score (nSPS) is 15.4. The monoisotopic (exact) mass is 259 g/mol. The molecule has 0 radical (unpaired) electrons. The first kappa shape index (κ1) is 9.51. The topological polar surface area (TPSA) is 58.4 Å². The molecule has 0 saturated carbocycles. The Kier molecular flexibility index (Phi) is 2.22. The molecule has 0 unspecified atom stereocenters. The number of hydrogen-bond acceptors (Lipinski definition) is 2. The van der Waals surface area contributed by atoms with E-state index in [4.69, 9.17) is 5.11 Å². The molecule has 76 valence electrons. The maximum Gasteiger partial charge on any atom is 0.407 e. The molecule has 1 aromatic rings. The van der Waals surface area contributed by atoms with E-state index in [0.29, 0.717) is 13.1 Å². The van der Waals surface area contributed by atoms with Gasteiger partial charge in [-0.1, -0.05) is 0 Å².